The topological polar surface area (TPSA) is 28.4 Å². The first kappa shape index (κ1) is 15.3. The van der Waals surface area contributed by atoms with Gasteiger partial charge >= 0.3 is 0 Å². The lowest BCUT2D eigenvalue weighted by Gasteiger charge is -2.33. The summed E-state index contributed by atoms with van der Waals surface area (Å²) in [6.45, 7) is 7.58. The van der Waals surface area contributed by atoms with E-state index in [2.05, 4.69) is 53.5 Å². The summed E-state index contributed by atoms with van der Waals surface area (Å²) in [6.07, 6.45) is 2.41. The Labute approximate surface area is 133 Å². The number of benzene rings is 1. The van der Waals surface area contributed by atoms with Gasteiger partial charge < -0.3 is 9.73 Å². The fraction of sp³-hybridized carbons (Fsp3) is 0.474. The largest absolute Gasteiger partial charge is 0.465 e. The monoisotopic (exact) mass is 298 g/mol. The van der Waals surface area contributed by atoms with Gasteiger partial charge in [0.1, 0.15) is 11.5 Å². The van der Waals surface area contributed by atoms with Crippen molar-refractivity contribution in [2.75, 3.05) is 13.1 Å². The maximum atomic E-state index is 5.71. The predicted octanol–water partition coefficient (Wildman–Crippen LogP) is 3.90. The summed E-state index contributed by atoms with van der Waals surface area (Å²) in [5.41, 5.74) is 1.41. The Morgan fingerprint density at radius 1 is 1.14 bits per heavy atom. The first-order valence-corrected chi connectivity index (χ1v) is 8.29. The normalized spacial score (nSPS) is 18.5. The van der Waals surface area contributed by atoms with Crippen LogP contribution in [0.5, 0.6) is 0 Å². The number of aryl methyl sites for hydroxylation is 1. The van der Waals surface area contributed by atoms with Gasteiger partial charge in [0.15, 0.2) is 0 Å². The van der Waals surface area contributed by atoms with Crippen molar-refractivity contribution in [1.82, 2.24) is 10.2 Å². The van der Waals surface area contributed by atoms with Gasteiger partial charge in [-0.1, -0.05) is 30.3 Å². The minimum Gasteiger partial charge on any atom is -0.465 e. The second-order valence-electron chi connectivity index (χ2n) is 6.37. The molecule has 1 atom stereocenters. The van der Waals surface area contributed by atoms with Gasteiger partial charge in [-0.2, -0.15) is 0 Å². The van der Waals surface area contributed by atoms with Crippen LogP contribution >= 0.6 is 0 Å². The molecule has 1 aliphatic rings. The molecule has 0 aliphatic carbocycles. The minimum atomic E-state index is 0.291. The summed E-state index contributed by atoms with van der Waals surface area (Å²) in [5, 5.41) is 3.71. The highest BCUT2D eigenvalue weighted by molar-refractivity contribution is 5.14. The Kier molecular flexibility index (Phi) is 4.96. The molecule has 1 aromatic carbocycles. The molecule has 3 heteroatoms. The Morgan fingerprint density at radius 3 is 2.50 bits per heavy atom. The maximum absolute atomic E-state index is 5.71. The molecular formula is C19H26N2O. The Morgan fingerprint density at radius 2 is 1.86 bits per heavy atom. The molecule has 2 aromatic rings. The first-order valence-electron chi connectivity index (χ1n) is 8.29. The van der Waals surface area contributed by atoms with E-state index in [9.17, 15) is 0 Å². The van der Waals surface area contributed by atoms with Gasteiger partial charge in [0.05, 0.1) is 6.04 Å². The molecule has 1 saturated heterocycles. The smallest absolute Gasteiger partial charge is 0.120 e. The highest BCUT2D eigenvalue weighted by atomic mass is 16.3. The minimum absolute atomic E-state index is 0.291. The summed E-state index contributed by atoms with van der Waals surface area (Å²) in [7, 11) is 0. The van der Waals surface area contributed by atoms with Gasteiger partial charge in [0.2, 0.25) is 0 Å². The third kappa shape index (κ3) is 3.99. The van der Waals surface area contributed by atoms with Crippen LogP contribution in [0.2, 0.25) is 0 Å². The number of nitrogens with zero attached hydrogens (tertiary/aromatic N) is 1. The Balaban J connectivity index is 1.45. The zero-order valence-electron chi connectivity index (χ0n) is 13.6. The van der Waals surface area contributed by atoms with Gasteiger partial charge in [0.25, 0.3) is 0 Å². The van der Waals surface area contributed by atoms with Crippen molar-refractivity contribution >= 4 is 0 Å². The van der Waals surface area contributed by atoms with E-state index in [1.165, 1.54) is 18.4 Å². The summed E-state index contributed by atoms with van der Waals surface area (Å²) < 4.78 is 5.71. The van der Waals surface area contributed by atoms with E-state index in [0.717, 1.165) is 31.2 Å². The average Bonchev–Trinajstić information content (AvgIpc) is 2.97. The molecule has 118 valence electrons. The van der Waals surface area contributed by atoms with Crippen LogP contribution in [0.15, 0.2) is 46.9 Å². The van der Waals surface area contributed by atoms with E-state index < -0.39 is 0 Å². The van der Waals surface area contributed by atoms with E-state index in [1.807, 2.05) is 13.0 Å². The fourth-order valence-electron chi connectivity index (χ4n) is 3.22. The van der Waals surface area contributed by atoms with Crippen LogP contribution in [-0.4, -0.2) is 24.0 Å². The van der Waals surface area contributed by atoms with Crippen molar-refractivity contribution in [1.29, 1.82) is 0 Å². The molecule has 1 aliphatic heterocycles. The van der Waals surface area contributed by atoms with Crippen molar-refractivity contribution in [2.24, 2.45) is 0 Å². The van der Waals surface area contributed by atoms with E-state index in [1.54, 1.807) is 0 Å². The van der Waals surface area contributed by atoms with Gasteiger partial charge in [-0.05, 0) is 57.5 Å². The van der Waals surface area contributed by atoms with Crippen molar-refractivity contribution in [3.05, 3.63) is 59.5 Å². The molecule has 1 N–H and O–H groups in total. The predicted molar refractivity (Wildman–Crippen MR) is 89.7 cm³/mol. The molecule has 3 rings (SSSR count). The first-order chi connectivity index (χ1) is 10.7. The molecule has 0 amide bonds. The number of piperidine rings is 1. The highest BCUT2D eigenvalue weighted by Gasteiger charge is 2.21. The van der Waals surface area contributed by atoms with Crippen LogP contribution in [0.3, 0.4) is 0 Å². The van der Waals surface area contributed by atoms with Gasteiger partial charge in [-0.25, -0.2) is 0 Å². The van der Waals surface area contributed by atoms with E-state index in [4.69, 9.17) is 4.42 Å². The number of hydrogen-bond donors (Lipinski definition) is 1. The summed E-state index contributed by atoms with van der Waals surface area (Å²) >= 11 is 0. The molecule has 3 nitrogen and oxygen atoms in total. The number of nitrogens with one attached hydrogen (secondary N) is 1. The molecule has 1 unspecified atom stereocenters. The standard InChI is InChI=1S/C19H26N2O/c1-15-8-9-19(22-15)16(2)20-18-10-12-21(13-11-18)14-17-6-4-3-5-7-17/h3-9,16,18,20H,10-14H2,1-2H3. The second-order valence-corrected chi connectivity index (χ2v) is 6.37. The van der Waals surface area contributed by atoms with E-state index >= 15 is 0 Å². The van der Waals surface area contributed by atoms with Crippen molar-refractivity contribution < 1.29 is 4.42 Å². The third-order valence-electron chi connectivity index (χ3n) is 4.51. The molecule has 1 aromatic heterocycles. The van der Waals surface area contributed by atoms with Crippen molar-refractivity contribution in [3.63, 3.8) is 0 Å². The molecule has 0 spiro atoms. The third-order valence-corrected chi connectivity index (χ3v) is 4.51. The lowest BCUT2D eigenvalue weighted by Crippen LogP contribution is -2.42. The van der Waals surface area contributed by atoms with Gasteiger partial charge in [-0.3, -0.25) is 4.90 Å². The molecule has 22 heavy (non-hydrogen) atoms. The van der Waals surface area contributed by atoms with Crippen LogP contribution in [0, 0.1) is 6.92 Å². The Hall–Kier alpha value is -1.58. The van der Waals surface area contributed by atoms with Crippen LogP contribution in [0.1, 0.15) is 42.9 Å². The molecular weight excluding hydrogens is 272 g/mol. The Bertz CT molecular complexity index is 570. The van der Waals surface area contributed by atoms with Gasteiger partial charge in [0, 0.05) is 12.6 Å². The van der Waals surface area contributed by atoms with E-state index in [-0.39, 0.29) is 0 Å². The van der Waals surface area contributed by atoms with Crippen LogP contribution in [-0.2, 0) is 6.54 Å². The maximum Gasteiger partial charge on any atom is 0.120 e. The number of hydrogen-bond acceptors (Lipinski definition) is 3. The summed E-state index contributed by atoms with van der Waals surface area (Å²) in [5.74, 6) is 2.03. The molecule has 0 bridgehead atoms. The quantitative estimate of drug-likeness (QED) is 0.907. The highest BCUT2D eigenvalue weighted by Crippen LogP contribution is 2.20. The van der Waals surface area contributed by atoms with Gasteiger partial charge in [-0.15, -0.1) is 0 Å². The zero-order chi connectivity index (χ0) is 15.4. The van der Waals surface area contributed by atoms with E-state index in [0.29, 0.717) is 12.1 Å². The molecule has 0 radical (unpaired) electrons. The summed E-state index contributed by atoms with van der Waals surface area (Å²) in [6, 6.07) is 15.8. The van der Waals surface area contributed by atoms with Crippen LogP contribution in [0.25, 0.3) is 0 Å². The SMILES string of the molecule is Cc1ccc(C(C)NC2CCN(Cc3ccccc3)CC2)o1. The van der Waals surface area contributed by atoms with Crippen molar-refractivity contribution in [3.8, 4) is 0 Å². The lowest BCUT2D eigenvalue weighted by molar-refractivity contribution is 0.182. The molecule has 0 saturated carbocycles. The molecule has 1 fully saturated rings. The number of furan rings is 1. The van der Waals surface area contributed by atoms with Crippen molar-refractivity contribution in [2.45, 2.75) is 45.3 Å². The molecule has 2 heterocycles. The number of likely N-dealkylation sites (tertiary alicyclic amines) is 1. The summed E-state index contributed by atoms with van der Waals surface area (Å²) in [4.78, 5) is 2.55. The number of rotatable bonds is 5. The van der Waals surface area contributed by atoms with Crippen LogP contribution in [0.4, 0.5) is 0 Å². The second kappa shape index (κ2) is 7.12. The van der Waals surface area contributed by atoms with Crippen LogP contribution < -0.4 is 5.32 Å². The lowest BCUT2D eigenvalue weighted by atomic mass is 10.0. The zero-order valence-corrected chi connectivity index (χ0v) is 13.6. The average molecular weight is 298 g/mol. The fourth-order valence-corrected chi connectivity index (χ4v) is 3.22.